The van der Waals surface area contributed by atoms with Gasteiger partial charge in [-0.3, -0.25) is 14.5 Å². The summed E-state index contributed by atoms with van der Waals surface area (Å²) in [5.74, 6) is -0.956. The second kappa shape index (κ2) is 3.87. The molecule has 1 aromatic rings. The zero-order valence-corrected chi connectivity index (χ0v) is 8.57. The quantitative estimate of drug-likeness (QED) is 0.682. The number of anilines is 1. The molecule has 0 N–H and O–H groups in total. The maximum atomic E-state index is 11.5. The van der Waals surface area contributed by atoms with Crippen LogP contribution in [0, 0.1) is 0 Å². The number of nitrogens with zero attached hydrogens (tertiary/aromatic N) is 1. The average Bonchev–Trinajstić information content (AvgIpc) is 2.23. The van der Waals surface area contributed by atoms with E-state index in [1.165, 1.54) is 4.90 Å². The Labute approximate surface area is 91.9 Å². The van der Waals surface area contributed by atoms with Crippen molar-refractivity contribution >= 4 is 29.0 Å². The first-order chi connectivity index (χ1) is 7.20. The van der Waals surface area contributed by atoms with Crippen LogP contribution in [0.2, 0.25) is 5.02 Å². The predicted octanol–water partition coefficient (Wildman–Crippen LogP) is 2.16. The van der Waals surface area contributed by atoms with Crippen molar-refractivity contribution in [2.75, 3.05) is 4.90 Å². The standard InChI is InChI=1S/C11H8ClNO2/c12-8-4-1-2-5-9(8)13-7-3-6-10(14)11(13)15/h1-5,7H,6H2. The van der Waals surface area contributed by atoms with Crippen molar-refractivity contribution in [3.8, 4) is 0 Å². The molecule has 1 amide bonds. The fraction of sp³-hybridized carbons (Fsp3) is 0.0909. The fourth-order valence-electron chi connectivity index (χ4n) is 1.39. The third-order valence-corrected chi connectivity index (χ3v) is 2.45. The molecule has 0 radical (unpaired) electrons. The molecule has 2 rings (SSSR count). The van der Waals surface area contributed by atoms with E-state index in [9.17, 15) is 9.59 Å². The molecule has 0 bridgehead atoms. The van der Waals surface area contributed by atoms with Crippen LogP contribution in [0.5, 0.6) is 0 Å². The van der Waals surface area contributed by atoms with Crippen LogP contribution in [-0.2, 0) is 9.59 Å². The Hall–Kier alpha value is -1.61. The van der Waals surface area contributed by atoms with Gasteiger partial charge in [-0.05, 0) is 12.1 Å². The maximum Gasteiger partial charge on any atom is 0.298 e. The summed E-state index contributed by atoms with van der Waals surface area (Å²) in [5.41, 5.74) is 0.536. The Kier molecular flexibility index (Phi) is 2.56. The van der Waals surface area contributed by atoms with E-state index in [0.717, 1.165) is 0 Å². The van der Waals surface area contributed by atoms with Gasteiger partial charge in [0.25, 0.3) is 5.91 Å². The highest BCUT2D eigenvalue weighted by atomic mass is 35.5. The summed E-state index contributed by atoms with van der Waals surface area (Å²) in [6.45, 7) is 0. The lowest BCUT2D eigenvalue weighted by Crippen LogP contribution is -2.34. The predicted molar refractivity (Wildman–Crippen MR) is 57.7 cm³/mol. The van der Waals surface area contributed by atoms with Gasteiger partial charge in [0, 0.05) is 12.6 Å². The van der Waals surface area contributed by atoms with E-state index in [4.69, 9.17) is 11.6 Å². The molecular formula is C11H8ClNO2. The first-order valence-electron chi connectivity index (χ1n) is 4.48. The average molecular weight is 222 g/mol. The number of carbonyl (C=O) groups is 2. The minimum atomic E-state index is -0.536. The summed E-state index contributed by atoms with van der Waals surface area (Å²) in [6, 6.07) is 6.91. The molecule has 1 heterocycles. The topological polar surface area (TPSA) is 37.4 Å². The highest BCUT2D eigenvalue weighted by molar-refractivity contribution is 6.44. The van der Waals surface area contributed by atoms with Crippen molar-refractivity contribution in [3.63, 3.8) is 0 Å². The van der Waals surface area contributed by atoms with Gasteiger partial charge in [0.1, 0.15) is 0 Å². The number of carbonyl (C=O) groups excluding carboxylic acids is 2. The number of hydrogen-bond acceptors (Lipinski definition) is 2. The molecule has 3 nitrogen and oxygen atoms in total. The molecule has 0 aromatic heterocycles. The first-order valence-corrected chi connectivity index (χ1v) is 4.85. The molecule has 0 saturated carbocycles. The minimum Gasteiger partial charge on any atom is -0.288 e. The largest absolute Gasteiger partial charge is 0.298 e. The van der Waals surface area contributed by atoms with Gasteiger partial charge in [0.2, 0.25) is 5.78 Å². The van der Waals surface area contributed by atoms with Gasteiger partial charge in [-0.15, -0.1) is 0 Å². The van der Waals surface area contributed by atoms with Crippen LogP contribution in [0.15, 0.2) is 36.5 Å². The normalized spacial score (nSPS) is 15.9. The molecular weight excluding hydrogens is 214 g/mol. The Morgan fingerprint density at radius 2 is 1.93 bits per heavy atom. The van der Waals surface area contributed by atoms with E-state index in [1.807, 2.05) is 0 Å². The summed E-state index contributed by atoms with van der Waals surface area (Å²) >= 11 is 5.93. The van der Waals surface area contributed by atoms with Crippen LogP contribution in [-0.4, -0.2) is 11.7 Å². The van der Waals surface area contributed by atoms with Crippen molar-refractivity contribution in [1.29, 1.82) is 0 Å². The van der Waals surface area contributed by atoms with Gasteiger partial charge in [0.05, 0.1) is 10.7 Å². The van der Waals surface area contributed by atoms with E-state index in [1.54, 1.807) is 36.5 Å². The van der Waals surface area contributed by atoms with E-state index < -0.39 is 11.7 Å². The lowest BCUT2D eigenvalue weighted by Gasteiger charge is -2.21. The number of hydrogen-bond donors (Lipinski definition) is 0. The lowest BCUT2D eigenvalue weighted by atomic mass is 10.1. The Bertz CT molecular complexity index is 454. The summed E-state index contributed by atoms with van der Waals surface area (Å²) in [4.78, 5) is 24.0. The summed E-state index contributed by atoms with van der Waals surface area (Å²) in [5, 5.41) is 0.449. The van der Waals surface area contributed by atoms with Crippen LogP contribution >= 0.6 is 11.6 Å². The highest BCUT2D eigenvalue weighted by Crippen LogP contribution is 2.27. The van der Waals surface area contributed by atoms with Gasteiger partial charge in [-0.2, -0.15) is 0 Å². The van der Waals surface area contributed by atoms with E-state index in [0.29, 0.717) is 10.7 Å². The number of amides is 1. The van der Waals surface area contributed by atoms with Crippen molar-refractivity contribution < 1.29 is 9.59 Å². The van der Waals surface area contributed by atoms with Gasteiger partial charge < -0.3 is 0 Å². The molecule has 0 saturated heterocycles. The maximum absolute atomic E-state index is 11.5. The zero-order valence-electron chi connectivity index (χ0n) is 7.81. The van der Waals surface area contributed by atoms with Crippen LogP contribution in [0.4, 0.5) is 5.69 Å². The van der Waals surface area contributed by atoms with E-state index in [2.05, 4.69) is 0 Å². The molecule has 76 valence electrons. The highest BCUT2D eigenvalue weighted by Gasteiger charge is 2.24. The number of ketones is 1. The molecule has 1 aromatic carbocycles. The number of rotatable bonds is 1. The molecule has 15 heavy (non-hydrogen) atoms. The molecule has 0 fully saturated rings. The zero-order chi connectivity index (χ0) is 10.8. The Morgan fingerprint density at radius 3 is 2.67 bits per heavy atom. The number of Topliss-reactive ketones (excluding diaryl/α,β-unsaturated/α-hetero) is 1. The molecule has 0 spiro atoms. The third-order valence-electron chi connectivity index (χ3n) is 2.13. The van der Waals surface area contributed by atoms with Gasteiger partial charge in [-0.1, -0.05) is 29.8 Å². The molecule has 0 aliphatic carbocycles. The second-order valence-electron chi connectivity index (χ2n) is 3.14. The van der Waals surface area contributed by atoms with E-state index in [-0.39, 0.29) is 6.42 Å². The van der Waals surface area contributed by atoms with Gasteiger partial charge in [0.15, 0.2) is 0 Å². The molecule has 0 atom stereocenters. The van der Waals surface area contributed by atoms with Gasteiger partial charge in [-0.25, -0.2) is 0 Å². The van der Waals surface area contributed by atoms with E-state index >= 15 is 0 Å². The summed E-state index contributed by atoms with van der Waals surface area (Å²) in [6.07, 6.45) is 3.39. The number of halogens is 1. The number of para-hydroxylation sites is 1. The van der Waals surface area contributed by atoms with Crippen LogP contribution < -0.4 is 4.90 Å². The smallest absolute Gasteiger partial charge is 0.288 e. The monoisotopic (exact) mass is 221 g/mol. The second-order valence-corrected chi connectivity index (χ2v) is 3.55. The third kappa shape index (κ3) is 1.78. The summed E-state index contributed by atoms with van der Waals surface area (Å²) < 4.78 is 0. The minimum absolute atomic E-state index is 0.166. The molecule has 0 unspecified atom stereocenters. The lowest BCUT2D eigenvalue weighted by molar-refractivity contribution is -0.135. The summed E-state index contributed by atoms with van der Waals surface area (Å²) in [7, 11) is 0. The first kappa shape index (κ1) is 9.93. The van der Waals surface area contributed by atoms with Crippen molar-refractivity contribution in [3.05, 3.63) is 41.6 Å². The Morgan fingerprint density at radius 1 is 1.20 bits per heavy atom. The number of benzene rings is 1. The number of allylic oxidation sites excluding steroid dienone is 1. The van der Waals surface area contributed by atoms with Crippen LogP contribution in [0.25, 0.3) is 0 Å². The van der Waals surface area contributed by atoms with Crippen molar-refractivity contribution in [2.45, 2.75) is 6.42 Å². The molecule has 4 heteroatoms. The van der Waals surface area contributed by atoms with Crippen molar-refractivity contribution in [1.82, 2.24) is 0 Å². The fourth-order valence-corrected chi connectivity index (χ4v) is 1.62. The van der Waals surface area contributed by atoms with Crippen LogP contribution in [0.1, 0.15) is 6.42 Å². The molecule has 1 aliphatic rings. The van der Waals surface area contributed by atoms with Gasteiger partial charge >= 0.3 is 0 Å². The molecule has 1 aliphatic heterocycles. The van der Waals surface area contributed by atoms with Crippen LogP contribution in [0.3, 0.4) is 0 Å². The van der Waals surface area contributed by atoms with Crippen molar-refractivity contribution in [2.24, 2.45) is 0 Å². The Balaban J connectivity index is 2.43. The SMILES string of the molecule is O=C1CC=CN(c2ccccc2Cl)C1=O.